The molecule has 1 aliphatic rings. The first kappa shape index (κ1) is 13.1. The van der Waals surface area contributed by atoms with E-state index in [4.69, 9.17) is 4.74 Å². The van der Waals surface area contributed by atoms with Gasteiger partial charge >= 0.3 is 0 Å². The second-order valence-corrected chi connectivity index (χ2v) is 5.70. The molecule has 1 heterocycles. The molecule has 0 unspecified atom stereocenters. The second kappa shape index (κ2) is 6.53. The molecule has 17 heavy (non-hydrogen) atoms. The molecule has 1 saturated heterocycles. The van der Waals surface area contributed by atoms with E-state index >= 15 is 0 Å². The molecule has 1 aromatic carbocycles. The van der Waals surface area contributed by atoms with Crippen LogP contribution in [0.15, 0.2) is 28.7 Å². The molecule has 94 valence electrons. The third kappa shape index (κ3) is 4.41. The Bertz CT molecular complexity index is 350. The van der Waals surface area contributed by atoms with E-state index in [1.165, 1.54) is 5.56 Å². The fourth-order valence-electron chi connectivity index (χ4n) is 2.34. The molecular formula is C14H20BrNO. The van der Waals surface area contributed by atoms with Crippen LogP contribution >= 0.6 is 15.9 Å². The number of hydrogen-bond acceptors (Lipinski definition) is 2. The normalized spacial score (nSPS) is 19.2. The van der Waals surface area contributed by atoms with Gasteiger partial charge in [-0.1, -0.05) is 28.1 Å². The van der Waals surface area contributed by atoms with Gasteiger partial charge in [0.05, 0.1) is 0 Å². The van der Waals surface area contributed by atoms with Crippen molar-refractivity contribution in [2.45, 2.75) is 38.3 Å². The number of halogens is 1. The third-order valence-electron chi connectivity index (χ3n) is 3.17. The van der Waals surface area contributed by atoms with Gasteiger partial charge in [-0.25, -0.2) is 0 Å². The molecule has 0 aliphatic carbocycles. The molecule has 1 fully saturated rings. The van der Waals surface area contributed by atoms with Gasteiger partial charge in [0.25, 0.3) is 0 Å². The standard InChI is InChI=1S/C14H20BrNO/c1-11(16-14-5-7-17-8-6-14)9-12-3-2-4-13(15)10-12/h2-4,10-11,14,16H,5-9H2,1H3/t11-/m0/s1. The third-order valence-corrected chi connectivity index (χ3v) is 3.67. The Kier molecular flexibility index (Phi) is 5.01. The molecule has 1 atom stereocenters. The highest BCUT2D eigenvalue weighted by Crippen LogP contribution is 2.14. The Balaban J connectivity index is 1.82. The van der Waals surface area contributed by atoms with E-state index in [0.717, 1.165) is 36.9 Å². The smallest absolute Gasteiger partial charge is 0.0480 e. The summed E-state index contributed by atoms with van der Waals surface area (Å²) in [7, 11) is 0. The van der Waals surface area contributed by atoms with E-state index in [2.05, 4.69) is 52.4 Å². The molecule has 0 aromatic heterocycles. The Labute approximate surface area is 112 Å². The van der Waals surface area contributed by atoms with Gasteiger partial charge in [-0.3, -0.25) is 0 Å². The lowest BCUT2D eigenvalue weighted by atomic mass is 10.0. The van der Waals surface area contributed by atoms with Gasteiger partial charge in [0.15, 0.2) is 0 Å². The highest BCUT2D eigenvalue weighted by Gasteiger charge is 2.15. The highest BCUT2D eigenvalue weighted by atomic mass is 79.9. The van der Waals surface area contributed by atoms with Gasteiger partial charge in [-0.15, -0.1) is 0 Å². The SMILES string of the molecule is C[C@@H](Cc1cccc(Br)c1)NC1CCOCC1. The lowest BCUT2D eigenvalue weighted by Gasteiger charge is -2.26. The zero-order valence-corrected chi connectivity index (χ0v) is 11.9. The monoisotopic (exact) mass is 297 g/mol. The van der Waals surface area contributed by atoms with Crippen LogP contribution in [0.1, 0.15) is 25.3 Å². The number of nitrogens with one attached hydrogen (secondary N) is 1. The molecule has 2 nitrogen and oxygen atoms in total. The van der Waals surface area contributed by atoms with Gasteiger partial charge < -0.3 is 10.1 Å². The lowest BCUT2D eigenvalue weighted by Crippen LogP contribution is -2.41. The molecule has 1 aliphatic heterocycles. The van der Waals surface area contributed by atoms with Gasteiger partial charge in [0, 0.05) is 29.8 Å². The van der Waals surface area contributed by atoms with Crippen LogP contribution in [-0.2, 0) is 11.2 Å². The van der Waals surface area contributed by atoms with Crippen molar-refractivity contribution in [3.63, 3.8) is 0 Å². The van der Waals surface area contributed by atoms with Crippen molar-refractivity contribution < 1.29 is 4.74 Å². The van der Waals surface area contributed by atoms with Crippen molar-refractivity contribution in [1.82, 2.24) is 5.32 Å². The van der Waals surface area contributed by atoms with Crippen molar-refractivity contribution in [1.29, 1.82) is 0 Å². The summed E-state index contributed by atoms with van der Waals surface area (Å²) in [4.78, 5) is 0. The quantitative estimate of drug-likeness (QED) is 0.922. The minimum Gasteiger partial charge on any atom is -0.381 e. The van der Waals surface area contributed by atoms with Crippen LogP contribution in [0.4, 0.5) is 0 Å². The van der Waals surface area contributed by atoms with Gasteiger partial charge in [-0.2, -0.15) is 0 Å². The van der Waals surface area contributed by atoms with Gasteiger partial charge in [0.1, 0.15) is 0 Å². The maximum absolute atomic E-state index is 5.37. The average molecular weight is 298 g/mol. The minimum absolute atomic E-state index is 0.521. The van der Waals surface area contributed by atoms with Crippen LogP contribution in [0.3, 0.4) is 0 Å². The highest BCUT2D eigenvalue weighted by molar-refractivity contribution is 9.10. The van der Waals surface area contributed by atoms with Crippen molar-refractivity contribution >= 4 is 15.9 Å². The van der Waals surface area contributed by atoms with Crippen LogP contribution in [-0.4, -0.2) is 25.3 Å². The van der Waals surface area contributed by atoms with Crippen LogP contribution in [0.5, 0.6) is 0 Å². The lowest BCUT2D eigenvalue weighted by molar-refractivity contribution is 0.0755. The first-order valence-corrected chi connectivity index (χ1v) is 7.11. The van der Waals surface area contributed by atoms with E-state index in [1.54, 1.807) is 0 Å². The fourth-order valence-corrected chi connectivity index (χ4v) is 2.79. The Morgan fingerprint density at radius 1 is 1.41 bits per heavy atom. The summed E-state index contributed by atoms with van der Waals surface area (Å²) in [5.74, 6) is 0. The first-order chi connectivity index (χ1) is 8.24. The molecular weight excluding hydrogens is 278 g/mol. The first-order valence-electron chi connectivity index (χ1n) is 6.32. The summed E-state index contributed by atoms with van der Waals surface area (Å²) in [5, 5.41) is 3.69. The molecule has 1 N–H and O–H groups in total. The topological polar surface area (TPSA) is 21.3 Å². The summed E-state index contributed by atoms with van der Waals surface area (Å²) in [6.45, 7) is 4.07. The van der Waals surface area contributed by atoms with Gasteiger partial charge in [-0.05, 0) is 43.9 Å². The van der Waals surface area contributed by atoms with Crippen molar-refractivity contribution in [2.24, 2.45) is 0 Å². The molecule has 3 heteroatoms. The van der Waals surface area contributed by atoms with Crippen LogP contribution in [0.25, 0.3) is 0 Å². The van der Waals surface area contributed by atoms with Crippen LogP contribution in [0.2, 0.25) is 0 Å². The summed E-state index contributed by atoms with van der Waals surface area (Å²) < 4.78 is 6.53. The Morgan fingerprint density at radius 2 is 2.18 bits per heavy atom. The fraction of sp³-hybridized carbons (Fsp3) is 0.571. The average Bonchev–Trinajstić information content (AvgIpc) is 2.30. The summed E-state index contributed by atoms with van der Waals surface area (Å²) in [6, 6.07) is 9.70. The van der Waals surface area contributed by atoms with Crippen molar-refractivity contribution in [2.75, 3.05) is 13.2 Å². The van der Waals surface area contributed by atoms with Crippen LogP contribution in [0, 0.1) is 0 Å². The number of rotatable bonds is 4. The van der Waals surface area contributed by atoms with E-state index in [-0.39, 0.29) is 0 Å². The molecule has 0 bridgehead atoms. The Morgan fingerprint density at radius 3 is 2.88 bits per heavy atom. The predicted molar refractivity (Wildman–Crippen MR) is 74.3 cm³/mol. The maximum atomic E-state index is 5.37. The minimum atomic E-state index is 0.521. The Hall–Kier alpha value is -0.380. The molecule has 1 aromatic rings. The van der Waals surface area contributed by atoms with Crippen LogP contribution < -0.4 is 5.32 Å². The van der Waals surface area contributed by atoms with E-state index in [9.17, 15) is 0 Å². The maximum Gasteiger partial charge on any atom is 0.0480 e. The van der Waals surface area contributed by atoms with E-state index in [0.29, 0.717) is 12.1 Å². The molecule has 0 amide bonds. The zero-order valence-electron chi connectivity index (χ0n) is 10.3. The summed E-state index contributed by atoms with van der Waals surface area (Å²) >= 11 is 3.51. The molecule has 0 spiro atoms. The van der Waals surface area contributed by atoms with Crippen molar-refractivity contribution in [3.8, 4) is 0 Å². The number of ether oxygens (including phenoxy) is 1. The van der Waals surface area contributed by atoms with E-state index in [1.807, 2.05) is 0 Å². The summed E-state index contributed by atoms with van der Waals surface area (Å²) in [5.41, 5.74) is 1.38. The zero-order chi connectivity index (χ0) is 12.1. The second-order valence-electron chi connectivity index (χ2n) is 4.79. The van der Waals surface area contributed by atoms with Crippen molar-refractivity contribution in [3.05, 3.63) is 34.3 Å². The molecule has 0 radical (unpaired) electrons. The predicted octanol–water partition coefficient (Wildman–Crippen LogP) is 3.15. The number of hydrogen-bond donors (Lipinski definition) is 1. The van der Waals surface area contributed by atoms with E-state index < -0.39 is 0 Å². The summed E-state index contributed by atoms with van der Waals surface area (Å²) in [6.07, 6.45) is 3.36. The number of benzene rings is 1. The van der Waals surface area contributed by atoms with Gasteiger partial charge in [0.2, 0.25) is 0 Å². The molecule has 2 rings (SSSR count). The molecule has 0 saturated carbocycles. The largest absolute Gasteiger partial charge is 0.381 e.